The molecule has 0 aromatic carbocycles. The summed E-state index contributed by atoms with van der Waals surface area (Å²) >= 11 is 3.43. The SMILES string of the molecule is CCNc1nc(-c2cnc(C(CC)CC)s2)cs1. The lowest BCUT2D eigenvalue weighted by Gasteiger charge is -2.06. The van der Waals surface area contributed by atoms with Crippen LogP contribution in [0.25, 0.3) is 10.6 Å². The largest absolute Gasteiger partial charge is 0.362 e. The number of anilines is 1. The molecule has 1 N–H and O–H groups in total. The van der Waals surface area contributed by atoms with E-state index in [1.54, 1.807) is 22.7 Å². The fourth-order valence-electron chi connectivity index (χ4n) is 1.85. The summed E-state index contributed by atoms with van der Waals surface area (Å²) in [5.41, 5.74) is 1.05. The van der Waals surface area contributed by atoms with E-state index < -0.39 is 0 Å². The van der Waals surface area contributed by atoms with Crippen LogP contribution in [0.2, 0.25) is 0 Å². The van der Waals surface area contributed by atoms with E-state index in [9.17, 15) is 0 Å². The minimum absolute atomic E-state index is 0.593. The van der Waals surface area contributed by atoms with Gasteiger partial charge in [0.05, 0.1) is 15.6 Å². The topological polar surface area (TPSA) is 37.8 Å². The lowest BCUT2D eigenvalue weighted by atomic mass is 10.1. The molecule has 5 heteroatoms. The zero-order valence-corrected chi connectivity index (χ0v) is 12.7. The van der Waals surface area contributed by atoms with Gasteiger partial charge in [-0.05, 0) is 19.8 Å². The highest BCUT2D eigenvalue weighted by molar-refractivity contribution is 7.16. The van der Waals surface area contributed by atoms with Crippen LogP contribution < -0.4 is 5.32 Å². The Morgan fingerprint density at radius 2 is 2.06 bits per heavy atom. The number of hydrogen-bond donors (Lipinski definition) is 1. The molecule has 18 heavy (non-hydrogen) atoms. The summed E-state index contributed by atoms with van der Waals surface area (Å²) in [6, 6.07) is 0. The number of rotatable bonds is 6. The summed E-state index contributed by atoms with van der Waals surface area (Å²) in [6.45, 7) is 7.44. The lowest BCUT2D eigenvalue weighted by Crippen LogP contribution is -1.94. The first kappa shape index (κ1) is 13.5. The third kappa shape index (κ3) is 2.90. The molecule has 2 heterocycles. The van der Waals surface area contributed by atoms with Crippen molar-refractivity contribution in [3.05, 3.63) is 16.6 Å². The molecular weight excluding hydrogens is 262 g/mol. The van der Waals surface area contributed by atoms with Crippen molar-refractivity contribution in [1.29, 1.82) is 0 Å². The summed E-state index contributed by atoms with van der Waals surface area (Å²) in [6.07, 6.45) is 4.27. The van der Waals surface area contributed by atoms with Crippen molar-refractivity contribution in [1.82, 2.24) is 9.97 Å². The fourth-order valence-corrected chi connectivity index (χ4v) is 3.85. The molecule has 0 aliphatic heterocycles. The normalized spacial score (nSPS) is 11.1. The van der Waals surface area contributed by atoms with Gasteiger partial charge < -0.3 is 5.32 Å². The first-order valence-electron chi connectivity index (χ1n) is 6.43. The van der Waals surface area contributed by atoms with Crippen LogP contribution in [-0.4, -0.2) is 16.5 Å². The van der Waals surface area contributed by atoms with Crippen molar-refractivity contribution in [2.24, 2.45) is 0 Å². The molecule has 0 spiro atoms. The van der Waals surface area contributed by atoms with Crippen molar-refractivity contribution in [3.8, 4) is 10.6 Å². The van der Waals surface area contributed by atoms with E-state index >= 15 is 0 Å². The molecule has 3 nitrogen and oxygen atoms in total. The Labute approximate surface area is 116 Å². The quantitative estimate of drug-likeness (QED) is 0.840. The van der Waals surface area contributed by atoms with Gasteiger partial charge in [0.2, 0.25) is 0 Å². The van der Waals surface area contributed by atoms with Gasteiger partial charge in [-0.15, -0.1) is 22.7 Å². The van der Waals surface area contributed by atoms with E-state index in [2.05, 4.69) is 41.4 Å². The maximum absolute atomic E-state index is 4.57. The minimum atomic E-state index is 0.593. The predicted molar refractivity (Wildman–Crippen MR) is 80.7 cm³/mol. The van der Waals surface area contributed by atoms with Crippen LogP contribution in [0.1, 0.15) is 44.5 Å². The third-order valence-corrected chi connectivity index (χ3v) is 4.93. The van der Waals surface area contributed by atoms with Gasteiger partial charge in [0.1, 0.15) is 0 Å². The van der Waals surface area contributed by atoms with Crippen molar-refractivity contribution < 1.29 is 0 Å². The van der Waals surface area contributed by atoms with Crippen LogP contribution in [0.3, 0.4) is 0 Å². The first-order valence-corrected chi connectivity index (χ1v) is 8.13. The molecule has 2 aromatic rings. The average molecular weight is 281 g/mol. The molecule has 0 atom stereocenters. The van der Waals surface area contributed by atoms with Crippen LogP contribution in [0.15, 0.2) is 11.6 Å². The molecule has 0 saturated heterocycles. The second-order valence-electron chi connectivity index (χ2n) is 4.14. The molecule has 0 fully saturated rings. The van der Waals surface area contributed by atoms with Gasteiger partial charge >= 0.3 is 0 Å². The lowest BCUT2D eigenvalue weighted by molar-refractivity contribution is 0.637. The van der Waals surface area contributed by atoms with Crippen LogP contribution in [0.5, 0.6) is 0 Å². The highest BCUT2D eigenvalue weighted by Crippen LogP contribution is 2.33. The predicted octanol–water partition coefficient (Wildman–Crippen LogP) is 4.60. The Kier molecular flexibility index (Phi) is 4.72. The summed E-state index contributed by atoms with van der Waals surface area (Å²) in [4.78, 5) is 10.3. The van der Waals surface area contributed by atoms with Crippen LogP contribution in [-0.2, 0) is 0 Å². The van der Waals surface area contributed by atoms with Crippen LogP contribution in [0, 0.1) is 0 Å². The average Bonchev–Trinajstić information content (AvgIpc) is 3.00. The number of nitrogens with zero attached hydrogens (tertiary/aromatic N) is 2. The fraction of sp³-hybridized carbons (Fsp3) is 0.538. The van der Waals surface area contributed by atoms with Crippen LogP contribution >= 0.6 is 22.7 Å². The van der Waals surface area contributed by atoms with Crippen molar-refractivity contribution >= 4 is 27.8 Å². The Balaban J connectivity index is 2.17. The number of aromatic nitrogens is 2. The summed E-state index contributed by atoms with van der Waals surface area (Å²) in [5, 5.41) is 7.57. The van der Waals surface area contributed by atoms with Gasteiger partial charge in [-0.1, -0.05) is 13.8 Å². The molecule has 0 radical (unpaired) electrons. The van der Waals surface area contributed by atoms with E-state index in [1.165, 1.54) is 9.88 Å². The standard InChI is InChI=1S/C13H19N3S2/c1-4-9(5-2)12-15-7-11(18-12)10-8-17-13(16-10)14-6-3/h7-9H,4-6H2,1-3H3,(H,14,16). The molecule has 0 amide bonds. The highest BCUT2D eigenvalue weighted by Gasteiger charge is 2.14. The Bertz CT molecular complexity index is 486. The molecular formula is C13H19N3S2. The zero-order valence-electron chi connectivity index (χ0n) is 11.1. The Morgan fingerprint density at radius 1 is 1.28 bits per heavy atom. The van der Waals surface area contributed by atoms with E-state index in [1.807, 2.05) is 6.20 Å². The first-order chi connectivity index (χ1) is 8.78. The molecule has 0 aliphatic carbocycles. The Hall–Kier alpha value is -0.940. The van der Waals surface area contributed by atoms with E-state index in [-0.39, 0.29) is 0 Å². The molecule has 0 aliphatic rings. The van der Waals surface area contributed by atoms with Gasteiger partial charge in [0.15, 0.2) is 5.13 Å². The monoisotopic (exact) mass is 281 g/mol. The number of nitrogens with one attached hydrogen (secondary N) is 1. The van der Waals surface area contributed by atoms with Gasteiger partial charge in [-0.2, -0.15) is 0 Å². The van der Waals surface area contributed by atoms with Gasteiger partial charge in [-0.3, -0.25) is 0 Å². The maximum Gasteiger partial charge on any atom is 0.183 e. The number of thiazole rings is 2. The maximum atomic E-state index is 4.57. The van der Waals surface area contributed by atoms with Crippen molar-refractivity contribution in [2.75, 3.05) is 11.9 Å². The summed E-state index contributed by atoms with van der Waals surface area (Å²) in [5.74, 6) is 0.593. The molecule has 0 saturated carbocycles. The summed E-state index contributed by atoms with van der Waals surface area (Å²) < 4.78 is 0. The van der Waals surface area contributed by atoms with Gasteiger partial charge in [-0.25, -0.2) is 9.97 Å². The molecule has 2 rings (SSSR count). The van der Waals surface area contributed by atoms with E-state index in [0.29, 0.717) is 5.92 Å². The smallest absolute Gasteiger partial charge is 0.183 e. The second-order valence-corrected chi connectivity index (χ2v) is 6.06. The highest BCUT2D eigenvalue weighted by atomic mass is 32.1. The molecule has 2 aromatic heterocycles. The molecule has 0 bridgehead atoms. The molecule has 0 unspecified atom stereocenters. The number of hydrogen-bond acceptors (Lipinski definition) is 5. The summed E-state index contributed by atoms with van der Waals surface area (Å²) in [7, 11) is 0. The van der Waals surface area contributed by atoms with Crippen LogP contribution in [0.4, 0.5) is 5.13 Å². The minimum Gasteiger partial charge on any atom is -0.362 e. The van der Waals surface area contributed by atoms with E-state index in [0.717, 1.165) is 30.2 Å². The van der Waals surface area contributed by atoms with E-state index in [4.69, 9.17) is 0 Å². The van der Waals surface area contributed by atoms with Gasteiger partial charge in [0.25, 0.3) is 0 Å². The Morgan fingerprint density at radius 3 is 2.72 bits per heavy atom. The third-order valence-electron chi connectivity index (χ3n) is 2.94. The second kappa shape index (κ2) is 6.29. The molecule has 98 valence electrons. The van der Waals surface area contributed by atoms with Crippen molar-refractivity contribution in [2.45, 2.75) is 39.5 Å². The zero-order chi connectivity index (χ0) is 13.0. The van der Waals surface area contributed by atoms with Gasteiger partial charge in [0, 0.05) is 24.0 Å². The van der Waals surface area contributed by atoms with Crippen molar-refractivity contribution in [3.63, 3.8) is 0 Å².